The number of benzene rings is 1. The molecule has 1 aromatic heterocycles. The van der Waals surface area contributed by atoms with Crippen LogP contribution in [0.5, 0.6) is 0 Å². The fourth-order valence-corrected chi connectivity index (χ4v) is 3.26. The van der Waals surface area contributed by atoms with E-state index in [1.54, 1.807) is 13.8 Å². The van der Waals surface area contributed by atoms with Crippen LogP contribution in [0.1, 0.15) is 72.6 Å². The zero-order valence-electron chi connectivity index (χ0n) is 17.2. The molecule has 0 unspecified atom stereocenters. The van der Waals surface area contributed by atoms with Gasteiger partial charge in [-0.05, 0) is 32.3 Å². The molecule has 0 spiro atoms. The molecule has 0 amide bonds. The van der Waals surface area contributed by atoms with Crippen LogP contribution < -0.4 is 0 Å². The molecule has 1 aromatic carbocycles. The Morgan fingerprint density at radius 1 is 0.786 bits per heavy atom. The van der Waals surface area contributed by atoms with Gasteiger partial charge < -0.3 is 9.47 Å². The Morgan fingerprint density at radius 3 is 1.64 bits per heavy atom. The highest BCUT2D eigenvalue weighted by Gasteiger charge is 2.29. The van der Waals surface area contributed by atoms with Crippen molar-refractivity contribution >= 4 is 11.9 Å². The maximum atomic E-state index is 12.9. The van der Waals surface area contributed by atoms with Gasteiger partial charge in [0.15, 0.2) is 0 Å². The number of aromatic nitrogens is 1. The van der Waals surface area contributed by atoms with Gasteiger partial charge >= 0.3 is 11.9 Å². The molecule has 0 fully saturated rings. The van der Waals surface area contributed by atoms with Crippen molar-refractivity contribution in [1.82, 2.24) is 4.98 Å². The summed E-state index contributed by atoms with van der Waals surface area (Å²) in [6, 6.07) is 9.47. The fourth-order valence-electron chi connectivity index (χ4n) is 3.26. The zero-order valence-corrected chi connectivity index (χ0v) is 17.2. The molecule has 0 N–H and O–H groups in total. The summed E-state index contributed by atoms with van der Waals surface area (Å²) in [5, 5.41) is 0. The highest BCUT2D eigenvalue weighted by Crippen LogP contribution is 2.34. The smallest absolute Gasteiger partial charge is 0.340 e. The van der Waals surface area contributed by atoms with Crippen molar-refractivity contribution in [2.75, 3.05) is 13.2 Å². The van der Waals surface area contributed by atoms with Gasteiger partial charge in [-0.2, -0.15) is 0 Å². The number of hydrogen-bond donors (Lipinski definition) is 0. The lowest BCUT2D eigenvalue weighted by atomic mass is 9.90. The van der Waals surface area contributed by atoms with Crippen LogP contribution in [0.3, 0.4) is 0 Å². The molecule has 5 nitrogen and oxygen atoms in total. The van der Waals surface area contributed by atoms with Gasteiger partial charge in [0.1, 0.15) is 0 Å². The second-order valence-corrected chi connectivity index (χ2v) is 6.44. The van der Waals surface area contributed by atoms with Gasteiger partial charge in [0, 0.05) is 5.56 Å². The van der Waals surface area contributed by atoms with E-state index >= 15 is 0 Å². The van der Waals surface area contributed by atoms with Crippen molar-refractivity contribution in [3.05, 3.63) is 52.8 Å². The Morgan fingerprint density at radius 2 is 1.25 bits per heavy atom. The fraction of sp³-hybridized carbons (Fsp3) is 0.435. The monoisotopic (exact) mass is 383 g/mol. The Kier molecular flexibility index (Phi) is 8.18. The predicted octanol–water partition coefficient (Wildman–Crippen LogP) is 5.01. The van der Waals surface area contributed by atoms with Crippen LogP contribution >= 0.6 is 0 Å². The summed E-state index contributed by atoms with van der Waals surface area (Å²) in [4.78, 5) is 30.6. The van der Waals surface area contributed by atoms with E-state index in [0.717, 1.165) is 18.4 Å². The summed E-state index contributed by atoms with van der Waals surface area (Å²) in [6.07, 6.45) is 2.93. The summed E-state index contributed by atoms with van der Waals surface area (Å²) >= 11 is 0. The lowest BCUT2D eigenvalue weighted by molar-refractivity contribution is 0.0524. The summed E-state index contributed by atoms with van der Waals surface area (Å²) in [7, 11) is 0. The number of aryl methyl sites for hydroxylation is 2. The van der Waals surface area contributed by atoms with Gasteiger partial charge in [0.2, 0.25) is 0 Å². The van der Waals surface area contributed by atoms with Gasteiger partial charge in [-0.25, -0.2) is 9.59 Å². The van der Waals surface area contributed by atoms with E-state index in [-0.39, 0.29) is 13.2 Å². The minimum Gasteiger partial charge on any atom is -0.462 e. The van der Waals surface area contributed by atoms with Gasteiger partial charge in [-0.15, -0.1) is 0 Å². The minimum absolute atomic E-state index is 0.254. The van der Waals surface area contributed by atoms with Crippen molar-refractivity contribution < 1.29 is 19.1 Å². The zero-order chi connectivity index (χ0) is 20.5. The van der Waals surface area contributed by atoms with E-state index in [4.69, 9.17) is 14.5 Å². The Hall–Kier alpha value is -2.69. The van der Waals surface area contributed by atoms with Crippen LogP contribution in [0.2, 0.25) is 0 Å². The summed E-state index contributed by atoms with van der Waals surface area (Å²) in [5.41, 5.74) is 3.45. The highest BCUT2D eigenvalue weighted by molar-refractivity contribution is 6.07. The predicted molar refractivity (Wildman–Crippen MR) is 110 cm³/mol. The molecule has 2 rings (SSSR count). The van der Waals surface area contributed by atoms with Gasteiger partial charge in [0.25, 0.3) is 0 Å². The van der Waals surface area contributed by atoms with Crippen LogP contribution in [0.4, 0.5) is 0 Å². The van der Waals surface area contributed by atoms with E-state index < -0.39 is 11.9 Å². The standard InChI is InChI=1S/C23H29NO4/c1-5-12-17-20(22(25)27-7-3)19(16-14-10-9-11-15-16)21(23(26)28-8-4)18(24-17)13-6-2/h9-11,14-15H,5-8,12-13H2,1-4H3. The van der Waals surface area contributed by atoms with E-state index in [2.05, 4.69) is 0 Å². The minimum atomic E-state index is -0.453. The van der Waals surface area contributed by atoms with Gasteiger partial charge in [-0.1, -0.05) is 57.0 Å². The molecular weight excluding hydrogens is 354 g/mol. The first-order valence-electron chi connectivity index (χ1n) is 10.0. The van der Waals surface area contributed by atoms with Crippen molar-refractivity contribution in [3.63, 3.8) is 0 Å². The molecule has 0 saturated carbocycles. The van der Waals surface area contributed by atoms with E-state index in [0.29, 0.717) is 40.9 Å². The third kappa shape index (κ3) is 4.77. The number of carbonyl (C=O) groups is 2. The van der Waals surface area contributed by atoms with Gasteiger partial charge in [0.05, 0.1) is 35.7 Å². The summed E-state index contributed by atoms with van der Waals surface area (Å²) in [6.45, 7) is 8.12. The first-order valence-corrected chi connectivity index (χ1v) is 10.0. The normalized spacial score (nSPS) is 10.6. The largest absolute Gasteiger partial charge is 0.462 e. The molecule has 0 bridgehead atoms. The van der Waals surface area contributed by atoms with Crippen LogP contribution in [-0.2, 0) is 22.3 Å². The van der Waals surface area contributed by atoms with Gasteiger partial charge in [-0.3, -0.25) is 4.98 Å². The number of hydrogen-bond acceptors (Lipinski definition) is 5. The lowest BCUT2D eigenvalue weighted by Crippen LogP contribution is -2.20. The Bertz CT molecular complexity index is 769. The van der Waals surface area contributed by atoms with Crippen LogP contribution in [0.15, 0.2) is 30.3 Å². The quantitative estimate of drug-likeness (QED) is 0.570. The molecule has 5 heteroatoms. The third-order valence-corrected chi connectivity index (χ3v) is 4.34. The molecule has 28 heavy (non-hydrogen) atoms. The summed E-state index contributed by atoms with van der Waals surface area (Å²) in [5.74, 6) is -0.906. The molecule has 0 aliphatic carbocycles. The van der Waals surface area contributed by atoms with E-state index in [9.17, 15) is 9.59 Å². The van der Waals surface area contributed by atoms with Crippen LogP contribution in [0.25, 0.3) is 11.1 Å². The molecular formula is C23H29NO4. The average Bonchev–Trinajstić information content (AvgIpc) is 2.69. The first-order chi connectivity index (χ1) is 13.6. The number of rotatable bonds is 9. The van der Waals surface area contributed by atoms with Crippen LogP contribution in [-0.4, -0.2) is 30.1 Å². The number of nitrogens with zero attached hydrogens (tertiary/aromatic N) is 1. The molecule has 0 aliphatic heterocycles. The maximum Gasteiger partial charge on any atom is 0.340 e. The number of carbonyl (C=O) groups excluding carboxylic acids is 2. The van der Waals surface area contributed by atoms with Crippen molar-refractivity contribution in [2.45, 2.75) is 53.4 Å². The molecule has 1 heterocycles. The molecule has 2 aromatic rings. The van der Waals surface area contributed by atoms with E-state index in [1.165, 1.54) is 0 Å². The Balaban J connectivity index is 2.92. The number of pyridine rings is 1. The topological polar surface area (TPSA) is 65.5 Å². The highest BCUT2D eigenvalue weighted by atomic mass is 16.5. The molecule has 0 aliphatic rings. The third-order valence-electron chi connectivity index (χ3n) is 4.34. The molecule has 150 valence electrons. The van der Waals surface area contributed by atoms with Crippen LogP contribution in [0, 0.1) is 0 Å². The molecule has 0 saturated heterocycles. The van der Waals surface area contributed by atoms with E-state index in [1.807, 2.05) is 44.2 Å². The second-order valence-electron chi connectivity index (χ2n) is 6.44. The second kappa shape index (κ2) is 10.6. The lowest BCUT2D eigenvalue weighted by Gasteiger charge is -2.20. The number of esters is 2. The van der Waals surface area contributed by atoms with Crippen molar-refractivity contribution in [2.24, 2.45) is 0 Å². The molecule has 0 atom stereocenters. The SMILES string of the molecule is CCCc1nc(CCC)c(C(=O)OCC)c(-c2ccccc2)c1C(=O)OCC. The Labute approximate surface area is 167 Å². The maximum absolute atomic E-state index is 12.9. The number of ether oxygens (including phenoxy) is 2. The molecule has 0 radical (unpaired) electrons. The summed E-state index contributed by atoms with van der Waals surface area (Å²) < 4.78 is 10.7. The average molecular weight is 383 g/mol. The van der Waals surface area contributed by atoms with Crippen molar-refractivity contribution in [1.29, 1.82) is 0 Å². The van der Waals surface area contributed by atoms with Crippen molar-refractivity contribution in [3.8, 4) is 11.1 Å². The first kappa shape index (κ1) is 21.6.